The van der Waals surface area contributed by atoms with Crippen LogP contribution in [0.5, 0.6) is 5.75 Å². The van der Waals surface area contributed by atoms with Crippen LogP contribution in [0.1, 0.15) is 17.9 Å². The first kappa shape index (κ1) is 9.34. The monoisotopic (exact) mass is 192 g/mol. The minimum Gasteiger partial charge on any atom is -0.497 e. The van der Waals surface area contributed by atoms with E-state index in [0.29, 0.717) is 5.92 Å². The molecule has 1 saturated heterocycles. The van der Waals surface area contributed by atoms with Crippen LogP contribution in [0.15, 0.2) is 18.2 Å². The maximum absolute atomic E-state index is 5.97. The smallest absolute Gasteiger partial charge is 0.120 e. The fraction of sp³-hybridized carbons (Fsp3) is 0.455. The maximum atomic E-state index is 5.97. The van der Waals surface area contributed by atoms with E-state index in [1.165, 1.54) is 12.0 Å². The Morgan fingerprint density at radius 2 is 2.36 bits per heavy atom. The van der Waals surface area contributed by atoms with Gasteiger partial charge in [0.15, 0.2) is 0 Å². The lowest BCUT2D eigenvalue weighted by atomic mass is 9.97. The van der Waals surface area contributed by atoms with Gasteiger partial charge in [0, 0.05) is 18.3 Å². The average Bonchev–Trinajstić information content (AvgIpc) is 2.70. The van der Waals surface area contributed by atoms with Gasteiger partial charge in [-0.05, 0) is 30.5 Å². The Balaban J connectivity index is 2.25. The van der Waals surface area contributed by atoms with Crippen molar-refractivity contribution in [2.45, 2.75) is 12.3 Å². The molecule has 1 aromatic carbocycles. The van der Waals surface area contributed by atoms with Crippen molar-refractivity contribution in [1.29, 1.82) is 0 Å². The number of hydrogen-bond donors (Lipinski definition) is 2. The van der Waals surface area contributed by atoms with Crippen molar-refractivity contribution >= 4 is 5.69 Å². The molecule has 1 heterocycles. The van der Waals surface area contributed by atoms with Gasteiger partial charge in [-0.15, -0.1) is 0 Å². The Hall–Kier alpha value is -1.22. The van der Waals surface area contributed by atoms with Crippen LogP contribution in [0.25, 0.3) is 0 Å². The number of nitrogens with one attached hydrogen (secondary N) is 1. The lowest BCUT2D eigenvalue weighted by Crippen LogP contribution is -2.09. The molecule has 0 amide bonds. The summed E-state index contributed by atoms with van der Waals surface area (Å²) in [5.41, 5.74) is 8.06. The number of anilines is 1. The Bertz CT molecular complexity index is 319. The molecule has 0 aliphatic carbocycles. The first-order chi connectivity index (χ1) is 6.81. The second-order valence-electron chi connectivity index (χ2n) is 3.68. The predicted molar refractivity (Wildman–Crippen MR) is 57.6 cm³/mol. The van der Waals surface area contributed by atoms with Crippen LogP contribution in [0.4, 0.5) is 5.69 Å². The van der Waals surface area contributed by atoms with Crippen LogP contribution in [-0.4, -0.2) is 20.2 Å². The summed E-state index contributed by atoms with van der Waals surface area (Å²) in [5.74, 6) is 1.40. The van der Waals surface area contributed by atoms with Crippen molar-refractivity contribution in [2.24, 2.45) is 0 Å². The molecule has 1 aromatic rings. The Morgan fingerprint density at radius 1 is 1.50 bits per heavy atom. The first-order valence-corrected chi connectivity index (χ1v) is 4.95. The molecule has 1 fully saturated rings. The van der Waals surface area contributed by atoms with E-state index in [-0.39, 0.29) is 0 Å². The van der Waals surface area contributed by atoms with Gasteiger partial charge >= 0.3 is 0 Å². The molecule has 1 aliphatic rings. The standard InChI is InChI=1S/C11H16N2O/c1-14-9-2-3-10(11(12)6-9)8-4-5-13-7-8/h2-3,6,8,13H,4-5,7,12H2,1H3/t8-/m0/s1. The summed E-state index contributed by atoms with van der Waals surface area (Å²) in [6.07, 6.45) is 1.18. The summed E-state index contributed by atoms with van der Waals surface area (Å²) in [6.45, 7) is 2.13. The summed E-state index contributed by atoms with van der Waals surface area (Å²) >= 11 is 0. The van der Waals surface area contributed by atoms with Crippen molar-refractivity contribution in [2.75, 3.05) is 25.9 Å². The van der Waals surface area contributed by atoms with Crippen molar-refractivity contribution in [3.8, 4) is 5.75 Å². The molecule has 14 heavy (non-hydrogen) atoms. The lowest BCUT2D eigenvalue weighted by Gasteiger charge is -2.12. The topological polar surface area (TPSA) is 47.3 Å². The number of rotatable bonds is 2. The number of nitrogens with two attached hydrogens (primary N) is 1. The fourth-order valence-corrected chi connectivity index (χ4v) is 1.97. The van der Waals surface area contributed by atoms with Crippen molar-refractivity contribution in [3.63, 3.8) is 0 Å². The Kier molecular flexibility index (Phi) is 2.59. The van der Waals surface area contributed by atoms with Crippen LogP contribution in [-0.2, 0) is 0 Å². The fourth-order valence-electron chi connectivity index (χ4n) is 1.97. The van der Waals surface area contributed by atoms with Crippen LogP contribution in [0.3, 0.4) is 0 Å². The number of ether oxygens (including phenoxy) is 1. The zero-order valence-electron chi connectivity index (χ0n) is 8.42. The minimum atomic E-state index is 0.570. The van der Waals surface area contributed by atoms with Crippen molar-refractivity contribution < 1.29 is 4.74 Å². The summed E-state index contributed by atoms with van der Waals surface area (Å²) in [4.78, 5) is 0. The van der Waals surface area contributed by atoms with Gasteiger partial charge < -0.3 is 15.8 Å². The highest BCUT2D eigenvalue weighted by molar-refractivity contribution is 5.53. The minimum absolute atomic E-state index is 0.570. The Morgan fingerprint density at radius 3 is 2.93 bits per heavy atom. The van der Waals surface area contributed by atoms with Crippen LogP contribution in [0.2, 0.25) is 0 Å². The molecule has 0 aromatic heterocycles. The van der Waals surface area contributed by atoms with Gasteiger partial charge in [0.1, 0.15) is 5.75 Å². The SMILES string of the molecule is COc1ccc([C@H]2CCNC2)c(N)c1. The van der Waals surface area contributed by atoms with Gasteiger partial charge in [-0.25, -0.2) is 0 Å². The molecule has 3 heteroatoms. The highest BCUT2D eigenvalue weighted by Gasteiger charge is 2.18. The van der Waals surface area contributed by atoms with Crippen LogP contribution >= 0.6 is 0 Å². The van der Waals surface area contributed by atoms with E-state index < -0.39 is 0 Å². The maximum Gasteiger partial charge on any atom is 0.120 e. The molecule has 0 unspecified atom stereocenters. The van der Waals surface area contributed by atoms with E-state index in [1.807, 2.05) is 12.1 Å². The number of methoxy groups -OCH3 is 1. The van der Waals surface area contributed by atoms with E-state index in [9.17, 15) is 0 Å². The van der Waals surface area contributed by atoms with E-state index in [4.69, 9.17) is 10.5 Å². The van der Waals surface area contributed by atoms with Gasteiger partial charge in [0.25, 0.3) is 0 Å². The molecule has 0 spiro atoms. The number of hydrogen-bond acceptors (Lipinski definition) is 3. The van der Waals surface area contributed by atoms with Gasteiger partial charge in [-0.1, -0.05) is 6.07 Å². The molecule has 1 aliphatic heterocycles. The highest BCUT2D eigenvalue weighted by atomic mass is 16.5. The summed E-state index contributed by atoms with van der Waals surface area (Å²) in [7, 11) is 1.66. The lowest BCUT2D eigenvalue weighted by molar-refractivity contribution is 0.415. The van der Waals surface area contributed by atoms with E-state index in [1.54, 1.807) is 7.11 Å². The molecule has 76 valence electrons. The number of nitrogen functional groups attached to an aromatic ring is 1. The molecule has 1 atom stereocenters. The highest BCUT2D eigenvalue weighted by Crippen LogP contribution is 2.29. The van der Waals surface area contributed by atoms with Crippen molar-refractivity contribution in [3.05, 3.63) is 23.8 Å². The van der Waals surface area contributed by atoms with Gasteiger partial charge in [-0.3, -0.25) is 0 Å². The number of benzene rings is 1. The largest absolute Gasteiger partial charge is 0.497 e. The first-order valence-electron chi connectivity index (χ1n) is 4.95. The molecular formula is C11H16N2O. The zero-order chi connectivity index (χ0) is 9.97. The van der Waals surface area contributed by atoms with E-state index in [0.717, 1.165) is 24.5 Å². The van der Waals surface area contributed by atoms with Gasteiger partial charge in [0.05, 0.1) is 7.11 Å². The molecule has 0 bridgehead atoms. The van der Waals surface area contributed by atoms with Crippen LogP contribution in [0, 0.1) is 0 Å². The van der Waals surface area contributed by atoms with Crippen molar-refractivity contribution in [1.82, 2.24) is 5.32 Å². The van der Waals surface area contributed by atoms with E-state index >= 15 is 0 Å². The summed E-state index contributed by atoms with van der Waals surface area (Å²) < 4.78 is 5.12. The second kappa shape index (κ2) is 3.88. The third-order valence-electron chi connectivity index (χ3n) is 2.79. The van der Waals surface area contributed by atoms with Crippen LogP contribution < -0.4 is 15.8 Å². The zero-order valence-corrected chi connectivity index (χ0v) is 8.42. The quantitative estimate of drug-likeness (QED) is 0.695. The molecule has 0 radical (unpaired) electrons. The Labute approximate surface area is 84.3 Å². The molecule has 2 rings (SSSR count). The normalized spacial score (nSPS) is 21.1. The third-order valence-corrected chi connectivity index (χ3v) is 2.79. The average molecular weight is 192 g/mol. The molecular weight excluding hydrogens is 176 g/mol. The second-order valence-corrected chi connectivity index (χ2v) is 3.68. The molecule has 3 N–H and O–H groups in total. The van der Waals surface area contributed by atoms with Gasteiger partial charge in [-0.2, -0.15) is 0 Å². The molecule has 0 saturated carbocycles. The van der Waals surface area contributed by atoms with E-state index in [2.05, 4.69) is 11.4 Å². The summed E-state index contributed by atoms with van der Waals surface area (Å²) in [5, 5.41) is 3.34. The predicted octanol–water partition coefficient (Wildman–Crippen LogP) is 1.35. The van der Waals surface area contributed by atoms with Gasteiger partial charge in [0.2, 0.25) is 0 Å². The molecule has 3 nitrogen and oxygen atoms in total. The third kappa shape index (κ3) is 1.68. The summed E-state index contributed by atoms with van der Waals surface area (Å²) in [6, 6.07) is 5.95.